The van der Waals surface area contributed by atoms with E-state index in [1.165, 1.54) is 18.2 Å². The number of aliphatic hydroxyl groups excluding tert-OH is 1. The highest BCUT2D eigenvalue weighted by atomic mass is 16.5. The lowest BCUT2D eigenvalue weighted by Gasteiger charge is -2.31. The van der Waals surface area contributed by atoms with Gasteiger partial charge in [-0.1, -0.05) is 19.9 Å². The van der Waals surface area contributed by atoms with Crippen molar-refractivity contribution < 1.29 is 14.6 Å². The summed E-state index contributed by atoms with van der Waals surface area (Å²) >= 11 is 0. The number of hydrogen-bond acceptors (Lipinski definition) is 7. The Labute approximate surface area is 165 Å². The van der Waals surface area contributed by atoms with Crippen LogP contribution in [-0.4, -0.2) is 47.3 Å². The molecule has 7 heteroatoms. The highest BCUT2D eigenvalue weighted by molar-refractivity contribution is 5.89. The number of hydrogen-bond donors (Lipinski definition) is 2. The van der Waals surface area contributed by atoms with Crippen molar-refractivity contribution in [3.05, 3.63) is 46.8 Å². The number of esters is 1. The van der Waals surface area contributed by atoms with Crippen molar-refractivity contribution in [2.45, 2.75) is 45.7 Å². The fraction of sp³-hybridized carbons (Fsp3) is 0.476. The van der Waals surface area contributed by atoms with E-state index in [9.17, 15) is 9.90 Å². The minimum absolute atomic E-state index is 0.0377. The molecule has 0 radical (unpaired) electrons. The number of methoxy groups -OCH3 is 1. The molecule has 3 rings (SSSR count). The third kappa shape index (κ3) is 4.42. The molecular weight excluding hydrogens is 356 g/mol. The van der Waals surface area contributed by atoms with Crippen LogP contribution in [0.25, 0.3) is 0 Å². The van der Waals surface area contributed by atoms with Crippen LogP contribution in [0.15, 0.2) is 24.3 Å². The summed E-state index contributed by atoms with van der Waals surface area (Å²) in [6.07, 6.45) is 0.830. The standard InChI is InChI=1S/C21H28N4O3/c1-13(2)20-23-18(22-14(3)12-26)10-19(24-20)25-8-7-15-9-16(21(27)28-4)5-6-17(15)11-25/h5-6,9-10,13-14,26H,7-8,11-12H2,1-4H3,(H,22,23,24)/t14-/m0/s1. The molecule has 0 aliphatic carbocycles. The Morgan fingerprint density at radius 2 is 2.04 bits per heavy atom. The number of aromatic nitrogens is 2. The lowest BCUT2D eigenvalue weighted by molar-refractivity contribution is 0.0600. The summed E-state index contributed by atoms with van der Waals surface area (Å²) in [6.45, 7) is 7.61. The first-order valence-corrected chi connectivity index (χ1v) is 9.62. The summed E-state index contributed by atoms with van der Waals surface area (Å²) in [5.74, 6) is 2.26. The average Bonchev–Trinajstić information content (AvgIpc) is 2.71. The van der Waals surface area contributed by atoms with E-state index >= 15 is 0 Å². The number of ether oxygens (including phenoxy) is 1. The van der Waals surface area contributed by atoms with E-state index in [1.54, 1.807) is 0 Å². The predicted octanol–water partition coefficient (Wildman–Crippen LogP) is 2.74. The number of aliphatic hydroxyl groups is 1. The number of nitrogens with one attached hydrogen (secondary N) is 1. The molecule has 28 heavy (non-hydrogen) atoms. The second kappa shape index (κ2) is 8.56. The van der Waals surface area contributed by atoms with Gasteiger partial charge in [-0.05, 0) is 36.6 Å². The van der Waals surface area contributed by atoms with Crippen LogP contribution in [0.3, 0.4) is 0 Å². The fourth-order valence-electron chi connectivity index (χ4n) is 3.24. The molecule has 1 aliphatic heterocycles. The summed E-state index contributed by atoms with van der Waals surface area (Å²) in [6, 6.07) is 7.58. The van der Waals surface area contributed by atoms with Gasteiger partial charge in [0.15, 0.2) is 0 Å². The highest BCUT2D eigenvalue weighted by Gasteiger charge is 2.21. The number of benzene rings is 1. The lowest BCUT2D eigenvalue weighted by atomic mass is 9.97. The Morgan fingerprint density at radius 1 is 1.25 bits per heavy atom. The summed E-state index contributed by atoms with van der Waals surface area (Å²) in [5.41, 5.74) is 2.94. The van der Waals surface area contributed by atoms with Gasteiger partial charge in [-0.25, -0.2) is 14.8 Å². The quantitative estimate of drug-likeness (QED) is 0.741. The van der Waals surface area contributed by atoms with E-state index in [0.29, 0.717) is 5.56 Å². The Balaban J connectivity index is 1.87. The third-order valence-corrected chi connectivity index (χ3v) is 4.88. The van der Waals surface area contributed by atoms with Crippen molar-refractivity contribution in [2.24, 2.45) is 0 Å². The minimum Gasteiger partial charge on any atom is -0.465 e. The largest absolute Gasteiger partial charge is 0.465 e. The first-order valence-electron chi connectivity index (χ1n) is 9.62. The van der Waals surface area contributed by atoms with Gasteiger partial charge in [-0.2, -0.15) is 0 Å². The smallest absolute Gasteiger partial charge is 0.337 e. The number of rotatable bonds is 6. The molecule has 0 fully saturated rings. The number of fused-ring (bicyclic) bond motifs is 1. The molecule has 2 N–H and O–H groups in total. The number of carbonyl (C=O) groups excluding carboxylic acids is 1. The Bertz CT molecular complexity index is 854. The predicted molar refractivity (Wildman–Crippen MR) is 109 cm³/mol. The topological polar surface area (TPSA) is 87.6 Å². The number of carbonyl (C=O) groups is 1. The Morgan fingerprint density at radius 3 is 2.71 bits per heavy atom. The molecule has 1 aromatic carbocycles. The van der Waals surface area contributed by atoms with Crippen LogP contribution in [0.2, 0.25) is 0 Å². The van der Waals surface area contributed by atoms with Crippen LogP contribution in [0, 0.1) is 0 Å². The second-order valence-electron chi connectivity index (χ2n) is 7.50. The van der Waals surface area contributed by atoms with Gasteiger partial charge in [0, 0.05) is 31.1 Å². The van der Waals surface area contributed by atoms with Crippen LogP contribution in [0.5, 0.6) is 0 Å². The normalized spacial score (nSPS) is 14.6. The zero-order chi connectivity index (χ0) is 20.3. The summed E-state index contributed by atoms with van der Waals surface area (Å²) in [5, 5.41) is 12.6. The lowest BCUT2D eigenvalue weighted by Crippen LogP contribution is -2.32. The zero-order valence-electron chi connectivity index (χ0n) is 16.9. The van der Waals surface area contributed by atoms with Crippen molar-refractivity contribution in [2.75, 3.05) is 30.5 Å². The van der Waals surface area contributed by atoms with Gasteiger partial charge in [0.05, 0.1) is 19.3 Å². The molecule has 0 saturated carbocycles. The van der Waals surface area contributed by atoms with Gasteiger partial charge in [0.2, 0.25) is 0 Å². The van der Waals surface area contributed by atoms with Crippen LogP contribution < -0.4 is 10.2 Å². The van der Waals surface area contributed by atoms with E-state index in [2.05, 4.69) is 29.0 Å². The number of nitrogens with zero attached hydrogens (tertiary/aromatic N) is 3. The van der Waals surface area contributed by atoms with Crippen LogP contribution in [-0.2, 0) is 17.7 Å². The van der Waals surface area contributed by atoms with E-state index in [4.69, 9.17) is 9.72 Å². The minimum atomic E-state index is -0.309. The van der Waals surface area contributed by atoms with E-state index < -0.39 is 0 Å². The van der Waals surface area contributed by atoms with Crippen LogP contribution >= 0.6 is 0 Å². The first-order chi connectivity index (χ1) is 13.4. The van der Waals surface area contributed by atoms with Crippen molar-refractivity contribution in [1.82, 2.24) is 9.97 Å². The van der Waals surface area contributed by atoms with Gasteiger partial charge in [-0.15, -0.1) is 0 Å². The zero-order valence-corrected chi connectivity index (χ0v) is 16.9. The fourth-order valence-corrected chi connectivity index (χ4v) is 3.24. The molecule has 1 aliphatic rings. The monoisotopic (exact) mass is 384 g/mol. The SMILES string of the molecule is COC(=O)c1ccc2c(c1)CCN(c1cc(N[C@@H](C)CO)nc(C(C)C)n1)C2. The maximum absolute atomic E-state index is 11.8. The first kappa shape index (κ1) is 20.1. The molecule has 150 valence electrons. The molecule has 0 spiro atoms. The van der Waals surface area contributed by atoms with E-state index in [1.807, 2.05) is 31.2 Å². The van der Waals surface area contributed by atoms with Crippen LogP contribution in [0.4, 0.5) is 11.6 Å². The molecular formula is C21H28N4O3. The van der Waals surface area contributed by atoms with E-state index in [0.717, 1.165) is 37.0 Å². The van der Waals surface area contributed by atoms with Gasteiger partial charge >= 0.3 is 5.97 Å². The average molecular weight is 384 g/mol. The molecule has 2 heterocycles. The third-order valence-electron chi connectivity index (χ3n) is 4.88. The van der Waals surface area contributed by atoms with Crippen LogP contribution in [0.1, 0.15) is 54.0 Å². The van der Waals surface area contributed by atoms with Crippen molar-refractivity contribution in [3.8, 4) is 0 Å². The molecule has 0 saturated heterocycles. The van der Waals surface area contributed by atoms with Gasteiger partial charge in [0.1, 0.15) is 17.5 Å². The maximum Gasteiger partial charge on any atom is 0.337 e. The highest BCUT2D eigenvalue weighted by Crippen LogP contribution is 2.27. The number of anilines is 2. The van der Waals surface area contributed by atoms with Crippen molar-refractivity contribution in [1.29, 1.82) is 0 Å². The molecule has 0 bridgehead atoms. The molecule has 0 unspecified atom stereocenters. The van der Waals surface area contributed by atoms with Gasteiger partial charge < -0.3 is 20.1 Å². The molecule has 2 aromatic rings. The van der Waals surface area contributed by atoms with Gasteiger partial charge in [0.25, 0.3) is 0 Å². The van der Waals surface area contributed by atoms with Crippen molar-refractivity contribution >= 4 is 17.6 Å². The van der Waals surface area contributed by atoms with Gasteiger partial charge in [-0.3, -0.25) is 0 Å². The molecule has 0 amide bonds. The second-order valence-corrected chi connectivity index (χ2v) is 7.50. The Hall–Kier alpha value is -2.67. The van der Waals surface area contributed by atoms with Crippen molar-refractivity contribution in [3.63, 3.8) is 0 Å². The summed E-state index contributed by atoms with van der Waals surface area (Å²) < 4.78 is 4.82. The van der Waals surface area contributed by atoms with E-state index in [-0.39, 0.29) is 24.5 Å². The summed E-state index contributed by atoms with van der Waals surface area (Å²) in [4.78, 5) is 23.3. The maximum atomic E-state index is 11.8. The summed E-state index contributed by atoms with van der Waals surface area (Å²) in [7, 11) is 1.40. The molecule has 1 aromatic heterocycles. The molecule has 7 nitrogen and oxygen atoms in total. The Kier molecular flexibility index (Phi) is 6.14. The molecule has 1 atom stereocenters.